The third kappa shape index (κ3) is 2.86. The van der Waals surface area contributed by atoms with Gasteiger partial charge in [-0.1, -0.05) is 24.3 Å². The molecule has 2 aromatic rings. The Morgan fingerprint density at radius 2 is 1.95 bits per heavy atom. The van der Waals surface area contributed by atoms with Gasteiger partial charge in [0.05, 0.1) is 4.92 Å². The van der Waals surface area contributed by atoms with E-state index in [2.05, 4.69) is 4.99 Å². The van der Waals surface area contributed by atoms with Crippen LogP contribution in [0.25, 0.3) is 0 Å². The van der Waals surface area contributed by atoms with E-state index in [0.717, 1.165) is 6.07 Å². The van der Waals surface area contributed by atoms with Gasteiger partial charge in [0.15, 0.2) is 0 Å². The summed E-state index contributed by atoms with van der Waals surface area (Å²) in [5.74, 6) is -0.401. The van der Waals surface area contributed by atoms with Gasteiger partial charge < -0.3 is 10.2 Å². The second kappa shape index (κ2) is 5.18. The minimum absolute atomic E-state index is 0.0393. The van der Waals surface area contributed by atoms with E-state index in [4.69, 9.17) is 0 Å². The van der Waals surface area contributed by atoms with Crippen molar-refractivity contribution in [2.24, 2.45) is 4.99 Å². The number of hydrogen-bond acceptors (Lipinski definition) is 5. The molecule has 1 N–H and O–H groups in total. The molecule has 0 atom stereocenters. The van der Waals surface area contributed by atoms with E-state index in [-0.39, 0.29) is 22.9 Å². The van der Waals surface area contributed by atoms with Gasteiger partial charge in [-0.3, -0.25) is 15.1 Å². The molecule has 0 radical (unpaired) electrons. The lowest BCUT2D eigenvalue weighted by Gasteiger charge is -2.07. The number of aromatic hydroxyl groups is 1. The Morgan fingerprint density at radius 3 is 2.63 bits per heavy atom. The monoisotopic (exact) mass is 257 g/mol. The third-order valence-electron chi connectivity index (χ3n) is 2.43. The Morgan fingerprint density at radius 1 is 1.21 bits per heavy atom. The number of non-ortho nitro benzene ring substituents is 1. The van der Waals surface area contributed by atoms with Gasteiger partial charge in [0.2, 0.25) is 0 Å². The van der Waals surface area contributed by atoms with Crippen molar-refractivity contribution in [3.63, 3.8) is 0 Å². The number of nitro groups is 1. The minimum Gasteiger partial charge on any atom is -0.872 e. The van der Waals surface area contributed by atoms with Gasteiger partial charge in [0.25, 0.3) is 5.69 Å². The van der Waals surface area contributed by atoms with Crippen molar-refractivity contribution in [3.05, 3.63) is 58.1 Å². The molecular weight excluding hydrogens is 248 g/mol. The molecule has 2 rings (SSSR count). The Kier molecular flexibility index (Phi) is 3.42. The van der Waals surface area contributed by atoms with E-state index in [9.17, 15) is 20.3 Å². The van der Waals surface area contributed by atoms with Crippen molar-refractivity contribution in [1.29, 1.82) is 0 Å². The average molecular weight is 257 g/mol. The molecule has 0 saturated carbocycles. The molecule has 0 saturated heterocycles. The zero-order valence-corrected chi connectivity index (χ0v) is 9.69. The molecular formula is C13H9N2O4-. The maximum absolute atomic E-state index is 11.4. The van der Waals surface area contributed by atoms with E-state index in [1.54, 1.807) is 18.2 Å². The van der Waals surface area contributed by atoms with Crippen molar-refractivity contribution < 1.29 is 15.1 Å². The minimum atomic E-state index is -0.583. The van der Waals surface area contributed by atoms with Gasteiger partial charge in [-0.15, -0.1) is 5.75 Å². The van der Waals surface area contributed by atoms with Crippen LogP contribution in [0.1, 0.15) is 5.56 Å². The highest BCUT2D eigenvalue weighted by molar-refractivity contribution is 5.85. The van der Waals surface area contributed by atoms with Crippen LogP contribution >= 0.6 is 0 Å². The van der Waals surface area contributed by atoms with Crippen LogP contribution in [0.15, 0.2) is 47.5 Å². The summed E-state index contributed by atoms with van der Waals surface area (Å²) in [5.41, 5.74) is 0.200. The Balaban J connectivity index is 2.35. The highest BCUT2D eigenvalue weighted by Gasteiger charge is 2.08. The fourth-order valence-corrected chi connectivity index (χ4v) is 1.46. The summed E-state index contributed by atoms with van der Waals surface area (Å²) in [6.45, 7) is 0. The summed E-state index contributed by atoms with van der Waals surface area (Å²) >= 11 is 0. The van der Waals surface area contributed by atoms with Crippen LogP contribution in [0.5, 0.6) is 11.5 Å². The van der Waals surface area contributed by atoms with Gasteiger partial charge in [-0.25, -0.2) is 0 Å². The molecule has 0 aliphatic heterocycles. The van der Waals surface area contributed by atoms with E-state index >= 15 is 0 Å². The first-order chi connectivity index (χ1) is 9.08. The normalized spacial score (nSPS) is 10.7. The van der Waals surface area contributed by atoms with Crippen molar-refractivity contribution in [3.8, 4) is 11.5 Å². The van der Waals surface area contributed by atoms with Crippen LogP contribution in [-0.4, -0.2) is 16.2 Å². The molecule has 0 unspecified atom stereocenters. The third-order valence-corrected chi connectivity index (χ3v) is 2.43. The maximum Gasteiger partial charge on any atom is 0.271 e. The quantitative estimate of drug-likeness (QED) is 0.517. The number of phenolic OH excluding ortho intramolecular Hbond substituents is 1. The van der Waals surface area contributed by atoms with Crippen LogP contribution in [0.3, 0.4) is 0 Å². The van der Waals surface area contributed by atoms with Crippen molar-refractivity contribution >= 4 is 17.6 Å². The SMILES string of the molecule is O=[N+]([O-])c1ccc(O)c(N=Cc2ccccc2[O-])c1. The summed E-state index contributed by atoms with van der Waals surface area (Å²) in [7, 11) is 0. The Bertz CT molecular complexity index is 653. The number of rotatable bonds is 3. The molecule has 0 heterocycles. The fourth-order valence-electron chi connectivity index (χ4n) is 1.46. The number of aliphatic imine (C=N–C) groups is 1. The fraction of sp³-hybridized carbons (Fsp3) is 0. The van der Waals surface area contributed by atoms with E-state index < -0.39 is 4.92 Å². The maximum atomic E-state index is 11.4. The van der Waals surface area contributed by atoms with E-state index in [1.807, 2.05) is 0 Å². The Labute approximate surface area is 108 Å². The molecule has 0 spiro atoms. The summed E-state index contributed by atoms with van der Waals surface area (Å²) in [6.07, 6.45) is 1.26. The summed E-state index contributed by atoms with van der Waals surface area (Å²) in [6, 6.07) is 9.73. The standard InChI is InChI=1S/C13H10N2O4/c16-12-4-2-1-3-9(12)8-14-11-7-10(15(18)19)5-6-13(11)17/h1-8,16-17H/p-1. The molecule has 6 nitrogen and oxygen atoms in total. The summed E-state index contributed by atoms with van der Waals surface area (Å²) < 4.78 is 0. The molecule has 0 amide bonds. The predicted molar refractivity (Wildman–Crippen MR) is 67.9 cm³/mol. The highest BCUT2D eigenvalue weighted by atomic mass is 16.6. The van der Waals surface area contributed by atoms with Crippen LogP contribution in [0, 0.1) is 10.1 Å². The predicted octanol–water partition coefficient (Wildman–Crippen LogP) is 2.12. The highest BCUT2D eigenvalue weighted by Crippen LogP contribution is 2.30. The first-order valence-corrected chi connectivity index (χ1v) is 5.35. The number of hydrogen-bond donors (Lipinski definition) is 1. The average Bonchev–Trinajstić information content (AvgIpc) is 2.39. The van der Waals surface area contributed by atoms with Gasteiger partial charge in [-0.05, 0) is 11.6 Å². The zero-order chi connectivity index (χ0) is 13.8. The second-order valence-electron chi connectivity index (χ2n) is 3.73. The van der Waals surface area contributed by atoms with Crippen LogP contribution in [0.2, 0.25) is 0 Å². The lowest BCUT2D eigenvalue weighted by molar-refractivity contribution is -0.384. The second-order valence-corrected chi connectivity index (χ2v) is 3.73. The molecule has 6 heteroatoms. The lowest BCUT2D eigenvalue weighted by Crippen LogP contribution is -1.94. The van der Waals surface area contributed by atoms with Crippen molar-refractivity contribution in [2.45, 2.75) is 0 Å². The van der Waals surface area contributed by atoms with Crippen LogP contribution in [0.4, 0.5) is 11.4 Å². The van der Waals surface area contributed by atoms with Crippen molar-refractivity contribution in [1.82, 2.24) is 0 Å². The van der Waals surface area contributed by atoms with Crippen LogP contribution < -0.4 is 5.11 Å². The molecule has 0 bridgehead atoms. The van der Waals surface area contributed by atoms with Crippen molar-refractivity contribution in [2.75, 3.05) is 0 Å². The molecule has 2 aromatic carbocycles. The largest absolute Gasteiger partial charge is 0.872 e. The van der Waals surface area contributed by atoms with Crippen LogP contribution in [-0.2, 0) is 0 Å². The number of nitrogens with zero attached hydrogens (tertiary/aromatic N) is 2. The van der Waals surface area contributed by atoms with Gasteiger partial charge >= 0.3 is 0 Å². The number of benzene rings is 2. The molecule has 0 aromatic heterocycles. The topological polar surface area (TPSA) is 98.8 Å². The summed E-state index contributed by atoms with van der Waals surface area (Å²) in [5, 5.41) is 31.6. The number of para-hydroxylation sites is 1. The van der Waals surface area contributed by atoms with E-state index in [0.29, 0.717) is 5.56 Å². The smallest absolute Gasteiger partial charge is 0.271 e. The molecule has 19 heavy (non-hydrogen) atoms. The lowest BCUT2D eigenvalue weighted by atomic mass is 10.2. The van der Waals surface area contributed by atoms with Gasteiger partial charge in [0.1, 0.15) is 11.4 Å². The molecule has 0 fully saturated rings. The molecule has 96 valence electrons. The number of nitro benzene ring substituents is 1. The Hall–Kier alpha value is -2.89. The first-order valence-electron chi connectivity index (χ1n) is 5.35. The zero-order valence-electron chi connectivity index (χ0n) is 9.69. The van der Waals surface area contributed by atoms with E-state index in [1.165, 1.54) is 24.4 Å². The summed E-state index contributed by atoms with van der Waals surface area (Å²) in [4.78, 5) is 13.9. The number of phenols is 1. The molecule has 0 aliphatic rings. The van der Waals surface area contributed by atoms with Gasteiger partial charge in [-0.2, -0.15) is 0 Å². The van der Waals surface area contributed by atoms with Gasteiger partial charge in [0, 0.05) is 18.3 Å². The first kappa shape index (κ1) is 12.6. The molecule has 0 aliphatic carbocycles.